The van der Waals surface area contributed by atoms with Crippen molar-refractivity contribution in [2.75, 3.05) is 0 Å². The van der Waals surface area contributed by atoms with E-state index in [2.05, 4.69) is 0 Å². The third kappa shape index (κ3) is 0.279. The van der Waals surface area contributed by atoms with Crippen LogP contribution in [0.5, 0.6) is 0 Å². The molecule has 4 saturated carbocycles. The maximum atomic E-state index is 6.26. The van der Waals surface area contributed by atoms with Gasteiger partial charge in [-0.1, -0.05) is 0 Å². The standard InChI is InChI=1S/C9H15N3/c10-7-2-4-1-5-8(4,7)6(3-7)9(5,11)12/h4-6H,1-3,10-12H2. The second-order valence-corrected chi connectivity index (χ2v) is 5.54. The van der Waals surface area contributed by atoms with E-state index in [-0.39, 0.29) is 11.2 Å². The monoisotopic (exact) mass is 165 g/mol. The zero-order chi connectivity index (χ0) is 8.35. The van der Waals surface area contributed by atoms with E-state index in [0.717, 1.165) is 12.3 Å². The molecule has 4 rings (SSSR count). The van der Waals surface area contributed by atoms with Gasteiger partial charge in [0.05, 0.1) is 5.66 Å². The quantitative estimate of drug-likeness (QED) is 0.418. The van der Waals surface area contributed by atoms with E-state index < -0.39 is 0 Å². The highest BCUT2D eigenvalue weighted by Gasteiger charge is 2.92. The fraction of sp³-hybridized carbons (Fsp3) is 1.00. The summed E-state index contributed by atoms with van der Waals surface area (Å²) in [5.74, 6) is 2.02. The summed E-state index contributed by atoms with van der Waals surface area (Å²) in [6, 6.07) is 0. The average molecular weight is 165 g/mol. The summed E-state index contributed by atoms with van der Waals surface area (Å²) in [6.07, 6.45) is 3.59. The van der Waals surface area contributed by atoms with E-state index >= 15 is 0 Å². The summed E-state index contributed by atoms with van der Waals surface area (Å²) in [5, 5.41) is 0. The Kier molecular flexibility index (Phi) is 0.630. The van der Waals surface area contributed by atoms with Gasteiger partial charge in [0, 0.05) is 11.0 Å². The minimum absolute atomic E-state index is 0.174. The molecule has 0 bridgehead atoms. The Labute approximate surface area is 71.7 Å². The first kappa shape index (κ1) is 6.35. The molecule has 0 heterocycles. The van der Waals surface area contributed by atoms with E-state index in [1.165, 1.54) is 12.8 Å². The highest BCUT2D eigenvalue weighted by atomic mass is 15.2. The van der Waals surface area contributed by atoms with Crippen molar-refractivity contribution in [2.45, 2.75) is 30.5 Å². The van der Waals surface area contributed by atoms with Gasteiger partial charge < -0.3 is 17.2 Å². The Morgan fingerprint density at radius 1 is 1.00 bits per heavy atom. The summed E-state index contributed by atoms with van der Waals surface area (Å²) in [5.41, 5.74) is 18.6. The van der Waals surface area contributed by atoms with E-state index in [9.17, 15) is 0 Å². The first-order valence-corrected chi connectivity index (χ1v) is 4.90. The van der Waals surface area contributed by atoms with Gasteiger partial charge in [-0.3, -0.25) is 0 Å². The normalized spacial score (nSPS) is 73.8. The Balaban J connectivity index is 1.83. The van der Waals surface area contributed by atoms with Gasteiger partial charge in [-0.2, -0.15) is 0 Å². The second-order valence-electron chi connectivity index (χ2n) is 5.54. The summed E-state index contributed by atoms with van der Waals surface area (Å²) < 4.78 is 0. The molecule has 4 aliphatic carbocycles. The lowest BCUT2D eigenvalue weighted by Gasteiger charge is -2.94. The lowest BCUT2D eigenvalue weighted by atomic mass is 9.13. The van der Waals surface area contributed by atoms with Crippen molar-refractivity contribution >= 4 is 0 Å². The summed E-state index contributed by atoms with van der Waals surface area (Å²) in [6.45, 7) is 0. The number of hydrogen-bond acceptors (Lipinski definition) is 3. The van der Waals surface area contributed by atoms with Crippen molar-refractivity contribution in [1.82, 2.24) is 0 Å². The van der Waals surface area contributed by atoms with Crippen LogP contribution in [0.3, 0.4) is 0 Å². The Morgan fingerprint density at radius 2 is 1.75 bits per heavy atom. The van der Waals surface area contributed by atoms with Crippen molar-refractivity contribution in [3.63, 3.8) is 0 Å². The lowest BCUT2D eigenvalue weighted by Crippen LogP contribution is -3.02. The third-order valence-electron chi connectivity index (χ3n) is 5.60. The molecule has 4 aliphatic rings. The van der Waals surface area contributed by atoms with E-state index in [1.54, 1.807) is 0 Å². The minimum Gasteiger partial charge on any atom is -0.325 e. The Hall–Kier alpha value is -0.120. The molecule has 0 aliphatic heterocycles. The molecule has 5 unspecified atom stereocenters. The van der Waals surface area contributed by atoms with E-state index in [4.69, 9.17) is 17.2 Å². The van der Waals surface area contributed by atoms with Gasteiger partial charge in [-0.15, -0.1) is 0 Å². The van der Waals surface area contributed by atoms with Crippen LogP contribution in [0.15, 0.2) is 0 Å². The highest BCUT2D eigenvalue weighted by Crippen LogP contribution is 2.89. The minimum atomic E-state index is -0.347. The molecule has 3 heteroatoms. The number of hydrogen-bond donors (Lipinski definition) is 3. The van der Waals surface area contributed by atoms with Gasteiger partial charge >= 0.3 is 0 Å². The van der Waals surface area contributed by atoms with Crippen LogP contribution in [0.25, 0.3) is 0 Å². The Bertz CT molecular complexity index is 290. The van der Waals surface area contributed by atoms with E-state index in [1.807, 2.05) is 0 Å². The molecule has 0 aromatic heterocycles. The molecule has 66 valence electrons. The maximum absolute atomic E-state index is 6.26. The van der Waals surface area contributed by atoms with Gasteiger partial charge in [-0.05, 0) is 37.0 Å². The fourth-order valence-electron chi connectivity index (χ4n) is 5.18. The molecule has 0 saturated heterocycles. The lowest BCUT2D eigenvalue weighted by molar-refractivity contribution is -0.424. The summed E-state index contributed by atoms with van der Waals surface area (Å²) in [7, 11) is 0. The predicted molar refractivity (Wildman–Crippen MR) is 44.8 cm³/mol. The van der Waals surface area contributed by atoms with Crippen LogP contribution in [0.1, 0.15) is 19.3 Å². The van der Waals surface area contributed by atoms with Crippen molar-refractivity contribution in [3.05, 3.63) is 0 Å². The molecule has 1 spiro atoms. The SMILES string of the molecule is NC1(N)C2CC3CC4(N)CC1C324. The molecule has 0 radical (unpaired) electrons. The second kappa shape index (κ2) is 1.19. The van der Waals surface area contributed by atoms with Crippen LogP contribution in [0.2, 0.25) is 0 Å². The molecular weight excluding hydrogens is 150 g/mol. The molecule has 3 nitrogen and oxygen atoms in total. The van der Waals surface area contributed by atoms with Crippen LogP contribution in [-0.4, -0.2) is 11.2 Å². The number of rotatable bonds is 0. The Morgan fingerprint density at radius 3 is 2.17 bits per heavy atom. The zero-order valence-corrected chi connectivity index (χ0v) is 7.09. The molecule has 0 aromatic carbocycles. The number of nitrogens with two attached hydrogens (primary N) is 3. The highest BCUT2D eigenvalue weighted by molar-refractivity contribution is 5.45. The molecule has 4 fully saturated rings. The van der Waals surface area contributed by atoms with Crippen LogP contribution in [0.4, 0.5) is 0 Å². The molecule has 0 aromatic rings. The van der Waals surface area contributed by atoms with Gasteiger partial charge in [0.2, 0.25) is 0 Å². The van der Waals surface area contributed by atoms with Crippen LogP contribution >= 0.6 is 0 Å². The van der Waals surface area contributed by atoms with E-state index in [0.29, 0.717) is 17.3 Å². The fourth-order valence-corrected chi connectivity index (χ4v) is 5.18. The largest absolute Gasteiger partial charge is 0.325 e. The van der Waals surface area contributed by atoms with Crippen LogP contribution < -0.4 is 17.2 Å². The van der Waals surface area contributed by atoms with Crippen molar-refractivity contribution in [1.29, 1.82) is 0 Å². The molecule has 12 heavy (non-hydrogen) atoms. The first-order valence-electron chi connectivity index (χ1n) is 4.90. The van der Waals surface area contributed by atoms with Gasteiger partial charge in [0.1, 0.15) is 0 Å². The average Bonchev–Trinajstić information content (AvgIpc) is 1.91. The predicted octanol–water partition coefficient (Wildman–Crippen LogP) is -0.643. The topological polar surface area (TPSA) is 78.1 Å². The smallest absolute Gasteiger partial charge is 0.0707 e. The maximum Gasteiger partial charge on any atom is 0.0707 e. The first-order chi connectivity index (χ1) is 5.53. The molecule has 0 amide bonds. The van der Waals surface area contributed by atoms with Crippen molar-refractivity contribution < 1.29 is 0 Å². The van der Waals surface area contributed by atoms with Crippen LogP contribution in [-0.2, 0) is 0 Å². The van der Waals surface area contributed by atoms with Crippen LogP contribution in [0, 0.1) is 23.2 Å². The summed E-state index contributed by atoms with van der Waals surface area (Å²) in [4.78, 5) is 0. The van der Waals surface area contributed by atoms with Gasteiger partial charge in [0.15, 0.2) is 0 Å². The molecule has 5 atom stereocenters. The zero-order valence-electron chi connectivity index (χ0n) is 7.09. The molecular formula is C9H15N3. The van der Waals surface area contributed by atoms with Gasteiger partial charge in [-0.25, -0.2) is 0 Å². The third-order valence-corrected chi connectivity index (χ3v) is 5.60. The molecule has 6 N–H and O–H groups in total. The summed E-state index contributed by atoms with van der Waals surface area (Å²) >= 11 is 0. The van der Waals surface area contributed by atoms with Crippen molar-refractivity contribution in [3.8, 4) is 0 Å². The van der Waals surface area contributed by atoms with Crippen molar-refractivity contribution in [2.24, 2.45) is 40.4 Å². The van der Waals surface area contributed by atoms with Gasteiger partial charge in [0.25, 0.3) is 0 Å².